The average molecular weight is 252 g/mol. The molecular formula is C14H21FN2O. The van der Waals surface area contributed by atoms with Gasteiger partial charge in [-0.05, 0) is 31.0 Å². The Morgan fingerprint density at radius 3 is 2.89 bits per heavy atom. The van der Waals surface area contributed by atoms with E-state index in [0.29, 0.717) is 6.04 Å². The van der Waals surface area contributed by atoms with Gasteiger partial charge >= 0.3 is 0 Å². The van der Waals surface area contributed by atoms with Crippen molar-refractivity contribution in [3.05, 3.63) is 30.1 Å². The highest BCUT2D eigenvalue weighted by molar-refractivity contribution is 5.45. The molecule has 1 heterocycles. The van der Waals surface area contributed by atoms with E-state index in [9.17, 15) is 4.39 Å². The van der Waals surface area contributed by atoms with Crippen LogP contribution in [0.25, 0.3) is 0 Å². The first-order valence-corrected chi connectivity index (χ1v) is 6.53. The van der Waals surface area contributed by atoms with Gasteiger partial charge in [0.2, 0.25) is 0 Å². The fourth-order valence-electron chi connectivity index (χ4n) is 2.18. The summed E-state index contributed by atoms with van der Waals surface area (Å²) in [6.45, 7) is 3.51. The summed E-state index contributed by atoms with van der Waals surface area (Å²) in [5.74, 6) is -0.184. The predicted octanol–water partition coefficient (Wildman–Crippen LogP) is 2.03. The van der Waals surface area contributed by atoms with E-state index >= 15 is 0 Å². The van der Waals surface area contributed by atoms with Crippen molar-refractivity contribution in [2.75, 3.05) is 38.3 Å². The van der Waals surface area contributed by atoms with Gasteiger partial charge in [0, 0.05) is 45.1 Å². The topological polar surface area (TPSA) is 24.5 Å². The van der Waals surface area contributed by atoms with Crippen LogP contribution in [0.1, 0.15) is 12.8 Å². The molecule has 0 atom stereocenters. The van der Waals surface area contributed by atoms with Crippen molar-refractivity contribution in [3.8, 4) is 0 Å². The number of benzene rings is 1. The van der Waals surface area contributed by atoms with Gasteiger partial charge in [-0.3, -0.25) is 0 Å². The molecule has 1 aliphatic heterocycles. The summed E-state index contributed by atoms with van der Waals surface area (Å²) >= 11 is 0. The number of ether oxygens (including phenoxy) is 1. The maximum Gasteiger partial charge on any atom is 0.125 e. The smallest absolute Gasteiger partial charge is 0.125 e. The Hall–Kier alpha value is -1.13. The van der Waals surface area contributed by atoms with Crippen LogP contribution in [-0.2, 0) is 4.74 Å². The molecular weight excluding hydrogens is 231 g/mol. The summed E-state index contributed by atoms with van der Waals surface area (Å²) < 4.78 is 18.4. The molecule has 2 rings (SSSR count). The Kier molecular flexibility index (Phi) is 4.96. The fourth-order valence-corrected chi connectivity index (χ4v) is 2.18. The Labute approximate surface area is 108 Å². The molecule has 0 amide bonds. The molecule has 0 aromatic heterocycles. The van der Waals surface area contributed by atoms with Gasteiger partial charge in [-0.25, -0.2) is 4.39 Å². The number of likely N-dealkylation sites (N-methyl/N-ethyl adjacent to an activating group) is 1. The zero-order chi connectivity index (χ0) is 12.8. The van der Waals surface area contributed by atoms with Crippen LogP contribution in [0, 0.1) is 5.82 Å². The highest BCUT2D eigenvalue weighted by atomic mass is 19.1. The second-order valence-electron chi connectivity index (χ2n) is 4.74. The van der Waals surface area contributed by atoms with Gasteiger partial charge < -0.3 is 15.0 Å². The lowest BCUT2D eigenvalue weighted by Crippen LogP contribution is -2.39. The normalized spacial score (nSPS) is 16.8. The SMILES string of the molecule is CN(CCNC1CCOCC1)c1cccc(F)c1. The monoisotopic (exact) mass is 252 g/mol. The zero-order valence-electron chi connectivity index (χ0n) is 10.9. The summed E-state index contributed by atoms with van der Waals surface area (Å²) in [4.78, 5) is 2.06. The first kappa shape index (κ1) is 13.3. The second-order valence-corrected chi connectivity index (χ2v) is 4.74. The number of anilines is 1. The Morgan fingerprint density at radius 2 is 2.17 bits per heavy atom. The van der Waals surface area contributed by atoms with Gasteiger partial charge in [0.25, 0.3) is 0 Å². The summed E-state index contributed by atoms with van der Waals surface area (Å²) in [6, 6.07) is 7.27. The molecule has 1 aliphatic rings. The second kappa shape index (κ2) is 6.71. The average Bonchev–Trinajstić information content (AvgIpc) is 2.40. The molecule has 18 heavy (non-hydrogen) atoms. The standard InChI is InChI=1S/C14H21FN2O/c1-17(14-4-2-3-12(15)11-14)8-7-16-13-5-9-18-10-6-13/h2-4,11,13,16H,5-10H2,1H3. The van der Waals surface area contributed by atoms with Crippen molar-refractivity contribution in [2.24, 2.45) is 0 Å². The van der Waals surface area contributed by atoms with Crippen LogP contribution in [0.2, 0.25) is 0 Å². The van der Waals surface area contributed by atoms with E-state index in [0.717, 1.165) is 44.8 Å². The summed E-state index contributed by atoms with van der Waals surface area (Å²) in [5, 5.41) is 3.52. The van der Waals surface area contributed by atoms with Crippen LogP contribution in [0.5, 0.6) is 0 Å². The van der Waals surface area contributed by atoms with Gasteiger partial charge in [0.05, 0.1) is 0 Å². The highest BCUT2D eigenvalue weighted by Gasteiger charge is 2.12. The van der Waals surface area contributed by atoms with Gasteiger partial charge in [-0.2, -0.15) is 0 Å². The van der Waals surface area contributed by atoms with Gasteiger partial charge in [0.1, 0.15) is 5.82 Å². The number of halogens is 1. The lowest BCUT2D eigenvalue weighted by Gasteiger charge is -2.25. The molecule has 1 saturated heterocycles. The third kappa shape index (κ3) is 3.96. The van der Waals surface area contributed by atoms with E-state index in [-0.39, 0.29) is 5.82 Å². The maximum absolute atomic E-state index is 13.1. The van der Waals surface area contributed by atoms with Crippen molar-refractivity contribution in [3.63, 3.8) is 0 Å². The Balaban J connectivity index is 1.72. The predicted molar refractivity (Wildman–Crippen MR) is 71.5 cm³/mol. The first-order valence-electron chi connectivity index (χ1n) is 6.53. The van der Waals surface area contributed by atoms with Gasteiger partial charge in [0.15, 0.2) is 0 Å². The van der Waals surface area contributed by atoms with Crippen molar-refractivity contribution in [2.45, 2.75) is 18.9 Å². The molecule has 0 saturated carbocycles. The van der Waals surface area contributed by atoms with Crippen LogP contribution in [0.4, 0.5) is 10.1 Å². The van der Waals surface area contributed by atoms with E-state index < -0.39 is 0 Å². The van der Waals surface area contributed by atoms with E-state index in [2.05, 4.69) is 10.2 Å². The summed E-state index contributed by atoms with van der Waals surface area (Å²) in [6.07, 6.45) is 2.17. The van der Waals surface area contributed by atoms with E-state index in [4.69, 9.17) is 4.74 Å². The number of hydrogen-bond acceptors (Lipinski definition) is 3. The number of rotatable bonds is 5. The summed E-state index contributed by atoms with van der Waals surface area (Å²) in [5.41, 5.74) is 0.920. The molecule has 3 nitrogen and oxygen atoms in total. The molecule has 1 aromatic carbocycles. The van der Waals surface area contributed by atoms with Crippen LogP contribution >= 0.6 is 0 Å². The third-order valence-corrected chi connectivity index (χ3v) is 3.35. The lowest BCUT2D eigenvalue weighted by molar-refractivity contribution is 0.0783. The first-order chi connectivity index (χ1) is 8.75. The van der Waals surface area contributed by atoms with Crippen LogP contribution < -0.4 is 10.2 Å². The van der Waals surface area contributed by atoms with Crippen molar-refractivity contribution < 1.29 is 9.13 Å². The number of hydrogen-bond donors (Lipinski definition) is 1. The molecule has 0 unspecified atom stereocenters. The molecule has 0 spiro atoms. The number of nitrogens with zero attached hydrogens (tertiary/aromatic N) is 1. The van der Waals surface area contributed by atoms with Gasteiger partial charge in [-0.15, -0.1) is 0 Å². The van der Waals surface area contributed by atoms with Crippen molar-refractivity contribution >= 4 is 5.69 Å². The Morgan fingerprint density at radius 1 is 1.39 bits per heavy atom. The van der Waals surface area contributed by atoms with Crippen molar-refractivity contribution in [1.82, 2.24) is 5.32 Å². The Bertz CT molecular complexity index is 367. The molecule has 0 bridgehead atoms. The fraction of sp³-hybridized carbons (Fsp3) is 0.571. The molecule has 1 N–H and O–H groups in total. The molecule has 1 aromatic rings. The largest absolute Gasteiger partial charge is 0.381 e. The lowest BCUT2D eigenvalue weighted by atomic mass is 10.1. The molecule has 4 heteroatoms. The minimum Gasteiger partial charge on any atom is -0.381 e. The van der Waals surface area contributed by atoms with Gasteiger partial charge in [-0.1, -0.05) is 6.07 Å². The minimum absolute atomic E-state index is 0.184. The van der Waals surface area contributed by atoms with Crippen LogP contribution in [0.15, 0.2) is 24.3 Å². The highest BCUT2D eigenvalue weighted by Crippen LogP contribution is 2.13. The van der Waals surface area contributed by atoms with E-state index in [1.54, 1.807) is 12.1 Å². The third-order valence-electron chi connectivity index (χ3n) is 3.35. The van der Waals surface area contributed by atoms with E-state index in [1.165, 1.54) is 6.07 Å². The molecule has 0 radical (unpaired) electrons. The molecule has 1 fully saturated rings. The number of nitrogens with one attached hydrogen (secondary N) is 1. The summed E-state index contributed by atoms with van der Waals surface area (Å²) in [7, 11) is 1.99. The quantitative estimate of drug-likeness (QED) is 0.868. The molecule has 100 valence electrons. The minimum atomic E-state index is -0.184. The molecule has 0 aliphatic carbocycles. The zero-order valence-corrected chi connectivity index (χ0v) is 10.9. The van der Waals surface area contributed by atoms with E-state index in [1.807, 2.05) is 13.1 Å². The van der Waals surface area contributed by atoms with Crippen LogP contribution in [0.3, 0.4) is 0 Å². The van der Waals surface area contributed by atoms with Crippen molar-refractivity contribution in [1.29, 1.82) is 0 Å². The maximum atomic E-state index is 13.1. The van der Waals surface area contributed by atoms with Crippen LogP contribution in [-0.4, -0.2) is 39.4 Å².